The van der Waals surface area contributed by atoms with Gasteiger partial charge in [0.25, 0.3) is 5.91 Å². The number of hydrogen-bond donors (Lipinski definition) is 1. The summed E-state index contributed by atoms with van der Waals surface area (Å²) in [7, 11) is 0. The number of rotatable bonds is 2. The van der Waals surface area contributed by atoms with Crippen molar-refractivity contribution >= 4 is 28.9 Å². The Hall–Kier alpha value is -3.41. The molecule has 0 radical (unpaired) electrons. The van der Waals surface area contributed by atoms with Gasteiger partial charge < -0.3 is 9.88 Å². The molecule has 0 aliphatic carbocycles. The number of aryl methyl sites for hydroxylation is 1. The predicted octanol–water partition coefficient (Wildman–Crippen LogP) is 2.95. The van der Waals surface area contributed by atoms with E-state index in [1.165, 1.54) is 5.01 Å². The van der Waals surface area contributed by atoms with Gasteiger partial charge in [0.05, 0.1) is 11.9 Å². The molecule has 2 amide bonds. The molecule has 0 bridgehead atoms. The smallest absolute Gasteiger partial charge is 0.275 e. The Balaban J connectivity index is 1.57. The van der Waals surface area contributed by atoms with Crippen LogP contribution in [0.2, 0.25) is 0 Å². The van der Waals surface area contributed by atoms with Gasteiger partial charge in [-0.2, -0.15) is 5.10 Å². The summed E-state index contributed by atoms with van der Waals surface area (Å²) < 4.78 is 0. The highest BCUT2D eigenvalue weighted by molar-refractivity contribution is 6.01. The predicted molar refractivity (Wildman–Crippen MR) is 112 cm³/mol. The fourth-order valence-electron chi connectivity index (χ4n) is 4.57. The molecule has 1 aromatic heterocycles. The third kappa shape index (κ3) is 2.59. The van der Waals surface area contributed by atoms with Gasteiger partial charge in [0.2, 0.25) is 5.91 Å². The average molecular weight is 386 g/mol. The SMILES string of the molecule is Cc1cccc(C=NN2CC(=O)N3CCc4c([nH]c5ccccc45)C3(C)C2=O)c1. The van der Waals surface area contributed by atoms with Gasteiger partial charge in [-0.05, 0) is 37.5 Å². The number of carbonyl (C=O) groups excluding carboxylic acids is 2. The van der Waals surface area contributed by atoms with Crippen LogP contribution in [0.3, 0.4) is 0 Å². The Morgan fingerprint density at radius 1 is 1.14 bits per heavy atom. The maximum absolute atomic E-state index is 13.6. The number of hydrazone groups is 1. The molecule has 2 aliphatic rings. The van der Waals surface area contributed by atoms with Gasteiger partial charge >= 0.3 is 0 Å². The standard InChI is InChI=1S/C23H22N4O2/c1-15-6-5-7-16(12-15)13-24-27-14-20(28)26-11-10-18-17-8-3-4-9-19(17)25-21(18)23(26,2)22(27)29/h3-9,12-13,25H,10-11,14H2,1-2H3. The molecule has 1 saturated heterocycles. The Kier molecular flexibility index (Phi) is 3.84. The fraction of sp³-hybridized carbons (Fsp3) is 0.261. The Bertz CT molecular complexity index is 1180. The zero-order chi connectivity index (χ0) is 20.2. The molecule has 146 valence electrons. The highest BCUT2D eigenvalue weighted by Crippen LogP contribution is 2.41. The topological polar surface area (TPSA) is 68.8 Å². The molecule has 3 aromatic rings. The van der Waals surface area contributed by atoms with E-state index in [2.05, 4.69) is 16.2 Å². The number of aromatic nitrogens is 1. The highest BCUT2D eigenvalue weighted by Gasteiger charge is 2.54. The third-order valence-electron chi connectivity index (χ3n) is 6.05. The summed E-state index contributed by atoms with van der Waals surface area (Å²) in [5, 5.41) is 6.81. The number of nitrogens with zero attached hydrogens (tertiary/aromatic N) is 3. The number of amides is 2. The van der Waals surface area contributed by atoms with E-state index in [4.69, 9.17) is 0 Å². The first-order chi connectivity index (χ1) is 14.0. The molecule has 3 heterocycles. The van der Waals surface area contributed by atoms with Crippen LogP contribution in [0.15, 0.2) is 53.6 Å². The van der Waals surface area contributed by atoms with E-state index in [1.54, 1.807) is 11.1 Å². The van der Waals surface area contributed by atoms with Crippen LogP contribution in [0.4, 0.5) is 0 Å². The average Bonchev–Trinajstić information content (AvgIpc) is 3.10. The normalized spacial score (nSPS) is 21.7. The molecule has 1 fully saturated rings. The summed E-state index contributed by atoms with van der Waals surface area (Å²) >= 11 is 0. The molecular formula is C23H22N4O2. The number of fused-ring (bicyclic) bond motifs is 5. The van der Waals surface area contributed by atoms with Crippen molar-refractivity contribution in [3.63, 3.8) is 0 Å². The van der Waals surface area contributed by atoms with Crippen molar-refractivity contribution in [3.05, 3.63) is 70.9 Å². The summed E-state index contributed by atoms with van der Waals surface area (Å²) in [6.07, 6.45) is 2.38. The summed E-state index contributed by atoms with van der Waals surface area (Å²) in [5.74, 6) is -0.272. The van der Waals surface area contributed by atoms with E-state index in [-0.39, 0.29) is 18.4 Å². The molecule has 6 nitrogen and oxygen atoms in total. The van der Waals surface area contributed by atoms with E-state index in [0.29, 0.717) is 6.54 Å². The largest absolute Gasteiger partial charge is 0.356 e. The van der Waals surface area contributed by atoms with E-state index in [0.717, 1.165) is 39.7 Å². The quantitative estimate of drug-likeness (QED) is 0.688. The van der Waals surface area contributed by atoms with Crippen molar-refractivity contribution in [2.75, 3.05) is 13.1 Å². The van der Waals surface area contributed by atoms with Crippen molar-refractivity contribution in [1.29, 1.82) is 0 Å². The molecule has 2 aliphatic heterocycles. The Labute approximate surface area is 168 Å². The van der Waals surface area contributed by atoms with E-state index in [9.17, 15) is 9.59 Å². The third-order valence-corrected chi connectivity index (χ3v) is 6.05. The maximum atomic E-state index is 13.6. The number of H-pyrrole nitrogens is 1. The molecular weight excluding hydrogens is 364 g/mol. The maximum Gasteiger partial charge on any atom is 0.275 e. The van der Waals surface area contributed by atoms with Crippen molar-refractivity contribution < 1.29 is 9.59 Å². The molecule has 1 N–H and O–H groups in total. The molecule has 29 heavy (non-hydrogen) atoms. The molecule has 0 spiro atoms. The van der Waals surface area contributed by atoms with Crippen molar-refractivity contribution in [3.8, 4) is 0 Å². The lowest BCUT2D eigenvalue weighted by Gasteiger charge is -2.48. The van der Waals surface area contributed by atoms with Gasteiger partial charge in [-0.15, -0.1) is 0 Å². The number of nitrogens with one attached hydrogen (secondary N) is 1. The van der Waals surface area contributed by atoms with Crippen molar-refractivity contribution in [2.24, 2.45) is 5.10 Å². The number of hydrogen-bond acceptors (Lipinski definition) is 3. The Morgan fingerprint density at radius 3 is 2.79 bits per heavy atom. The van der Waals surface area contributed by atoms with E-state index in [1.807, 2.05) is 56.3 Å². The van der Waals surface area contributed by atoms with Gasteiger partial charge in [-0.25, -0.2) is 5.01 Å². The minimum absolute atomic E-state index is 0.0354. The number of piperazine rings is 1. The first-order valence-corrected chi connectivity index (χ1v) is 9.81. The molecule has 5 rings (SSSR count). The second-order valence-electron chi connectivity index (χ2n) is 7.91. The van der Waals surface area contributed by atoms with Gasteiger partial charge in [0.15, 0.2) is 5.54 Å². The lowest BCUT2D eigenvalue weighted by molar-refractivity contribution is -0.165. The van der Waals surface area contributed by atoms with Gasteiger partial charge in [0.1, 0.15) is 6.54 Å². The van der Waals surface area contributed by atoms with E-state index < -0.39 is 5.54 Å². The monoisotopic (exact) mass is 386 g/mol. The number of aromatic amines is 1. The van der Waals surface area contributed by atoms with Gasteiger partial charge in [-0.1, -0.05) is 48.0 Å². The van der Waals surface area contributed by atoms with Crippen LogP contribution in [0.5, 0.6) is 0 Å². The van der Waals surface area contributed by atoms with Crippen molar-refractivity contribution in [1.82, 2.24) is 14.9 Å². The molecule has 2 aromatic carbocycles. The van der Waals surface area contributed by atoms with Crippen LogP contribution < -0.4 is 0 Å². The van der Waals surface area contributed by atoms with Crippen molar-refractivity contribution in [2.45, 2.75) is 25.8 Å². The number of para-hydroxylation sites is 1. The Morgan fingerprint density at radius 2 is 1.97 bits per heavy atom. The summed E-state index contributed by atoms with van der Waals surface area (Å²) in [6.45, 7) is 4.33. The highest BCUT2D eigenvalue weighted by atomic mass is 16.2. The zero-order valence-corrected chi connectivity index (χ0v) is 16.5. The zero-order valence-electron chi connectivity index (χ0n) is 16.5. The molecule has 1 unspecified atom stereocenters. The van der Waals surface area contributed by atoms with Crippen LogP contribution in [-0.2, 0) is 21.5 Å². The fourth-order valence-corrected chi connectivity index (χ4v) is 4.57. The van der Waals surface area contributed by atoms with Crippen LogP contribution >= 0.6 is 0 Å². The second-order valence-corrected chi connectivity index (χ2v) is 7.91. The van der Waals surface area contributed by atoms with Crippen LogP contribution in [0, 0.1) is 6.92 Å². The number of benzene rings is 2. The number of carbonyl (C=O) groups is 2. The molecule has 0 saturated carbocycles. The second kappa shape index (κ2) is 6.30. The van der Waals surface area contributed by atoms with Gasteiger partial charge in [0, 0.05) is 17.4 Å². The first-order valence-electron chi connectivity index (χ1n) is 9.81. The summed E-state index contributed by atoms with van der Waals surface area (Å²) in [5.41, 5.74) is 3.84. The lowest BCUT2D eigenvalue weighted by Crippen LogP contribution is -2.65. The molecule has 1 atom stereocenters. The van der Waals surface area contributed by atoms with Crippen LogP contribution in [0.25, 0.3) is 10.9 Å². The van der Waals surface area contributed by atoms with Crippen LogP contribution in [-0.4, -0.2) is 46.0 Å². The molecule has 6 heteroatoms. The minimum Gasteiger partial charge on any atom is -0.356 e. The lowest BCUT2D eigenvalue weighted by atomic mass is 9.83. The first kappa shape index (κ1) is 17.7. The van der Waals surface area contributed by atoms with Gasteiger partial charge in [-0.3, -0.25) is 9.59 Å². The summed E-state index contributed by atoms with van der Waals surface area (Å²) in [6, 6.07) is 15.9. The summed E-state index contributed by atoms with van der Waals surface area (Å²) in [4.78, 5) is 31.6. The minimum atomic E-state index is -1.08. The van der Waals surface area contributed by atoms with E-state index >= 15 is 0 Å². The van der Waals surface area contributed by atoms with Crippen LogP contribution in [0.1, 0.15) is 29.3 Å².